The normalized spacial score (nSPS) is 16.8. The molecule has 6 heteroatoms. The minimum atomic E-state index is -0.891. The van der Waals surface area contributed by atoms with Crippen LogP contribution >= 0.6 is 0 Å². The van der Waals surface area contributed by atoms with E-state index >= 15 is 0 Å². The number of carbonyl (C=O) groups is 2. The van der Waals surface area contributed by atoms with Crippen LogP contribution in [0.4, 0.5) is 4.79 Å². The lowest BCUT2D eigenvalue weighted by molar-refractivity contribution is -0.137. The lowest BCUT2D eigenvalue weighted by atomic mass is 10.2. The van der Waals surface area contributed by atoms with Crippen molar-refractivity contribution in [3.05, 3.63) is 0 Å². The van der Waals surface area contributed by atoms with E-state index < -0.39 is 5.97 Å². The van der Waals surface area contributed by atoms with Crippen molar-refractivity contribution in [2.45, 2.75) is 25.7 Å². The van der Waals surface area contributed by atoms with Crippen LogP contribution in [0.15, 0.2) is 0 Å². The Hall–Kier alpha value is -1.30. The van der Waals surface area contributed by atoms with Gasteiger partial charge in [-0.1, -0.05) is 6.42 Å². The first-order chi connectivity index (χ1) is 7.59. The van der Waals surface area contributed by atoms with E-state index in [1.807, 2.05) is 5.01 Å². The molecule has 0 aliphatic carbocycles. The summed E-state index contributed by atoms with van der Waals surface area (Å²) in [6.07, 6.45) is 3.38. The number of nitrogens with zero attached hydrogens (tertiary/aromatic N) is 2. The number of amides is 2. The van der Waals surface area contributed by atoms with Crippen molar-refractivity contribution in [1.82, 2.24) is 15.3 Å². The Labute approximate surface area is 95.2 Å². The van der Waals surface area contributed by atoms with Gasteiger partial charge in [-0.05, 0) is 12.8 Å². The number of aliphatic carboxylic acids is 1. The molecule has 2 N–H and O–H groups in total. The van der Waals surface area contributed by atoms with Gasteiger partial charge in [0, 0.05) is 26.7 Å². The van der Waals surface area contributed by atoms with Crippen molar-refractivity contribution < 1.29 is 14.7 Å². The summed E-state index contributed by atoms with van der Waals surface area (Å²) < 4.78 is 0. The topological polar surface area (TPSA) is 72.9 Å². The van der Waals surface area contributed by atoms with Gasteiger partial charge in [0.15, 0.2) is 0 Å². The second-order valence-corrected chi connectivity index (χ2v) is 4.03. The summed E-state index contributed by atoms with van der Waals surface area (Å²) in [5, 5.41) is 10.4. The summed E-state index contributed by atoms with van der Waals surface area (Å²) in [4.78, 5) is 23.3. The minimum Gasteiger partial charge on any atom is -0.481 e. The van der Waals surface area contributed by atoms with E-state index in [2.05, 4.69) is 5.43 Å². The molecule has 0 saturated carbocycles. The van der Waals surface area contributed by atoms with Crippen molar-refractivity contribution in [2.24, 2.45) is 0 Å². The average molecular weight is 229 g/mol. The van der Waals surface area contributed by atoms with Gasteiger partial charge in [0.05, 0.1) is 6.42 Å². The molecule has 0 aromatic rings. The molecule has 6 nitrogen and oxygen atoms in total. The molecule has 1 rings (SSSR count). The second-order valence-electron chi connectivity index (χ2n) is 4.03. The van der Waals surface area contributed by atoms with Crippen LogP contribution in [0.5, 0.6) is 0 Å². The van der Waals surface area contributed by atoms with Crippen molar-refractivity contribution in [3.63, 3.8) is 0 Å². The number of hydrogen-bond acceptors (Lipinski definition) is 3. The van der Waals surface area contributed by atoms with E-state index in [4.69, 9.17) is 5.11 Å². The fourth-order valence-corrected chi connectivity index (χ4v) is 1.59. The van der Waals surface area contributed by atoms with Gasteiger partial charge >= 0.3 is 12.0 Å². The monoisotopic (exact) mass is 229 g/mol. The van der Waals surface area contributed by atoms with Crippen molar-refractivity contribution >= 4 is 12.0 Å². The summed E-state index contributed by atoms with van der Waals surface area (Å²) in [5.74, 6) is -0.891. The van der Waals surface area contributed by atoms with Crippen molar-refractivity contribution in [3.8, 4) is 0 Å². The molecule has 1 fully saturated rings. The number of piperidine rings is 1. The van der Waals surface area contributed by atoms with E-state index in [1.165, 1.54) is 11.3 Å². The van der Waals surface area contributed by atoms with Gasteiger partial charge in [-0.2, -0.15) is 0 Å². The number of urea groups is 1. The van der Waals surface area contributed by atoms with E-state index in [0.29, 0.717) is 0 Å². The third-order valence-corrected chi connectivity index (χ3v) is 2.62. The molecule has 1 aliphatic heterocycles. The van der Waals surface area contributed by atoms with Crippen LogP contribution in [0.2, 0.25) is 0 Å². The summed E-state index contributed by atoms with van der Waals surface area (Å²) in [6.45, 7) is 1.98. The van der Waals surface area contributed by atoms with Crippen LogP contribution in [0.25, 0.3) is 0 Å². The first-order valence-corrected chi connectivity index (χ1v) is 5.58. The molecule has 0 radical (unpaired) electrons. The van der Waals surface area contributed by atoms with E-state index in [9.17, 15) is 9.59 Å². The van der Waals surface area contributed by atoms with Gasteiger partial charge in [-0.25, -0.2) is 9.80 Å². The molecule has 16 heavy (non-hydrogen) atoms. The Morgan fingerprint density at radius 1 is 1.31 bits per heavy atom. The Morgan fingerprint density at radius 2 is 1.94 bits per heavy atom. The van der Waals surface area contributed by atoms with Crippen LogP contribution in [-0.4, -0.2) is 53.7 Å². The predicted octanol–water partition coefficient (Wildman–Crippen LogP) is 0.503. The maximum atomic E-state index is 11.6. The number of nitrogens with one attached hydrogen (secondary N) is 1. The number of carboxylic acid groups (broad SMARTS) is 1. The molecule has 0 aromatic carbocycles. The smallest absolute Gasteiger partial charge is 0.331 e. The molecule has 92 valence electrons. The first-order valence-electron chi connectivity index (χ1n) is 5.58. The second kappa shape index (κ2) is 6.32. The highest BCUT2D eigenvalue weighted by Gasteiger charge is 2.15. The van der Waals surface area contributed by atoms with Crippen molar-refractivity contribution in [1.29, 1.82) is 0 Å². The van der Waals surface area contributed by atoms with E-state index in [-0.39, 0.29) is 19.0 Å². The number of hydrogen-bond donors (Lipinski definition) is 2. The molecule has 0 unspecified atom stereocenters. The number of hydrazine groups is 1. The summed E-state index contributed by atoms with van der Waals surface area (Å²) >= 11 is 0. The van der Waals surface area contributed by atoms with Gasteiger partial charge in [0.2, 0.25) is 0 Å². The Balaban J connectivity index is 2.24. The molecular formula is C10H19N3O3. The fourth-order valence-electron chi connectivity index (χ4n) is 1.59. The Kier molecular flexibility index (Phi) is 5.04. The van der Waals surface area contributed by atoms with Crippen LogP contribution in [-0.2, 0) is 4.79 Å². The van der Waals surface area contributed by atoms with Crippen LogP contribution < -0.4 is 5.43 Å². The lowest BCUT2D eigenvalue weighted by Gasteiger charge is -2.29. The van der Waals surface area contributed by atoms with Gasteiger partial charge in [0.1, 0.15) is 0 Å². The molecule has 0 atom stereocenters. The number of rotatable bonds is 4. The van der Waals surface area contributed by atoms with Gasteiger partial charge in [-0.3, -0.25) is 10.2 Å². The molecule has 2 amide bonds. The zero-order valence-corrected chi connectivity index (χ0v) is 9.61. The van der Waals surface area contributed by atoms with Crippen LogP contribution in [0, 0.1) is 0 Å². The highest BCUT2D eigenvalue weighted by molar-refractivity contribution is 5.74. The Morgan fingerprint density at radius 3 is 2.50 bits per heavy atom. The van der Waals surface area contributed by atoms with E-state index in [1.54, 1.807) is 7.05 Å². The van der Waals surface area contributed by atoms with Gasteiger partial charge < -0.3 is 10.0 Å². The average Bonchev–Trinajstić information content (AvgIpc) is 2.27. The maximum absolute atomic E-state index is 11.6. The van der Waals surface area contributed by atoms with Gasteiger partial charge in [-0.15, -0.1) is 0 Å². The third-order valence-electron chi connectivity index (χ3n) is 2.62. The predicted molar refractivity (Wildman–Crippen MR) is 58.8 cm³/mol. The largest absolute Gasteiger partial charge is 0.481 e. The maximum Gasteiger partial charge on any atom is 0.331 e. The third kappa shape index (κ3) is 4.48. The molecule has 0 spiro atoms. The number of carboxylic acids is 1. The summed E-state index contributed by atoms with van der Waals surface area (Å²) in [7, 11) is 1.60. The lowest BCUT2D eigenvalue weighted by Crippen LogP contribution is -2.50. The first kappa shape index (κ1) is 12.8. The molecule has 0 bridgehead atoms. The standard InChI is InChI=1S/C10H19N3O3/c1-12(8-5-9(14)15)10(16)11-13-6-3-2-4-7-13/h2-8H2,1H3,(H,11,16)(H,14,15). The van der Waals surface area contributed by atoms with Crippen LogP contribution in [0.1, 0.15) is 25.7 Å². The molecule has 1 heterocycles. The molecule has 1 saturated heterocycles. The zero-order valence-electron chi connectivity index (χ0n) is 9.61. The SMILES string of the molecule is CN(CCC(=O)O)C(=O)NN1CCCCC1. The minimum absolute atomic E-state index is 0.0239. The highest BCUT2D eigenvalue weighted by atomic mass is 16.4. The zero-order chi connectivity index (χ0) is 12.0. The quantitative estimate of drug-likeness (QED) is 0.736. The number of carbonyl (C=O) groups excluding carboxylic acids is 1. The van der Waals surface area contributed by atoms with E-state index in [0.717, 1.165) is 25.9 Å². The molecule has 0 aromatic heterocycles. The summed E-state index contributed by atoms with van der Waals surface area (Å²) in [6, 6.07) is -0.233. The highest BCUT2D eigenvalue weighted by Crippen LogP contribution is 2.06. The summed E-state index contributed by atoms with van der Waals surface area (Å²) in [5.41, 5.74) is 2.77. The Bertz CT molecular complexity index is 252. The molecular weight excluding hydrogens is 210 g/mol. The van der Waals surface area contributed by atoms with Crippen molar-refractivity contribution in [2.75, 3.05) is 26.7 Å². The van der Waals surface area contributed by atoms with Gasteiger partial charge in [0.25, 0.3) is 0 Å². The van der Waals surface area contributed by atoms with Crippen LogP contribution in [0.3, 0.4) is 0 Å². The fraction of sp³-hybridized carbons (Fsp3) is 0.800. The molecule has 1 aliphatic rings.